The smallest absolute Gasteiger partial charge is 0.424 e. The van der Waals surface area contributed by atoms with Gasteiger partial charge in [-0.25, -0.2) is 15.2 Å². The van der Waals surface area contributed by atoms with E-state index < -0.39 is 5.60 Å². The summed E-state index contributed by atoms with van der Waals surface area (Å²) in [5, 5.41) is 10.4. The maximum Gasteiger partial charge on any atom is 0.424 e. The number of rotatable bonds is 2. The van der Waals surface area contributed by atoms with E-state index in [2.05, 4.69) is 10.3 Å². The lowest BCUT2D eigenvalue weighted by atomic mass is 10.2. The van der Waals surface area contributed by atoms with Gasteiger partial charge in [0.1, 0.15) is 5.60 Å². The predicted molar refractivity (Wildman–Crippen MR) is 64.5 cm³/mol. The molecule has 1 aliphatic heterocycles. The minimum Gasteiger partial charge on any atom is -0.443 e. The lowest BCUT2D eigenvalue weighted by Gasteiger charge is -2.26. The van der Waals surface area contributed by atoms with Gasteiger partial charge in [0.05, 0.1) is 13.2 Å². The van der Waals surface area contributed by atoms with Crippen molar-refractivity contribution in [3.8, 4) is 0 Å². The minimum atomic E-state index is -0.476. The Kier molecular flexibility index (Phi) is 5.17. The summed E-state index contributed by atoms with van der Waals surface area (Å²) in [6, 6.07) is 0. The Labute approximate surface area is 102 Å². The van der Waals surface area contributed by atoms with E-state index in [1.54, 1.807) is 0 Å². The summed E-state index contributed by atoms with van der Waals surface area (Å²) in [5.74, 6) is 0. The highest BCUT2D eigenvalue weighted by Gasteiger charge is 2.24. The fourth-order valence-corrected chi connectivity index (χ4v) is 1.61. The molecule has 1 aliphatic rings. The van der Waals surface area contributed by atoms with E-state index in [-0.39, 0.29) is 12.7 Å². The summed E-state index contributed by atoms with van der Waals surface area (Å²) in [7, 11) is 0. The van der Waals surface area contributed by atoms with Crippen LogP contribution >= 0.6 is 0 Å². The largest absolute Gasteiger partial charge is 0.443 e. The van der Waals surface area contributed by atoms with Crippen LogP contribution in [-0.2, 0) is 4.74 Å². The molecule has 1 amide bonds. The van der Waals surface area contributed by atoms with Crippen molar-refractivity contribution in [3.63, 3.8) is 0 Å². The molecule has 0 unspecified atom stereocenters. The van der Waals surface area contributed by atoms with E-state index in [9.17, 15) is 4.79 Å². The van der Waals surface area contributed by atoms with Crippen LogP contribution in [-0.4, -0.2) is 66.0 Å². The van der Waals surface area contributed by atoms with Crippen molar-refractivity contribution >= 4 is 6.09 Å². The van der Waals surface area contributed by atoms with Gasteiger partial charge in [0.15, 0.2) is 0 Å². The molecular formula is C11H23N3O3. The van der Waals surface area contributed by atoms with Gasteiger partial charge in [0.2, 0.25) is 0 Å². The maximum absolute atomic E-state index is 11.8. The van der Waals surface area contributed by atoms with E-state index >= 15 is 0 Å². The molecule has 0 aliphatic carbocycles. The number of aliphatic hydroxyl groups excluding tert-OH is 1. The standard InChI is InChI=1S/C11H23N3O3/c1-11(2,3)17-10(16)14-7-6-13(8-9-15)5-4-12-14/h12,15H,4-9H2,1-3H3. The molecule has 6 heteroatoms. The normalized spacial score (nSPS) is 18.9. The quantitative estimate of drug-likeness (QED) is 0.719. The highest BCUT2D eigenvalue weighted by atomic mass is 16.6. The number of carbonyl (C=O) groups excluding carboxylic acids is 1. The van der Waals surface area contributed by atoms with Gasteiger partial charge in [0.25, 0.3) is 0 Å². The van der Waals surface area contributed by atoms with Crippen LogP contribution in [0.15, 0.2) is 0 Å². The Balaban J connectivity index is 2.43. The first-order valence-corrected chi connectivity index (χ1v) is 5.99. The monoisotopic (exact) mass is 245 g/mol. The highest BCUT2D eigenvalue weighted by molar-refractivity contribution is 5.67. The van der Waals surface area contributed by atoms with E-state index in [4.69, 9.17) is 9.84 Å². The Bertz CT molecular complexity index is 253. The van der Waals surface area contributed by atoms with Crippen molar-refractivity contribution in [2.45, 2.75) is 26.4 Å². The number of aliphatic hydroxyl groups is 1. The summed E-state index contributed by atoms with van der Waals surface area (Å²) >= 11 is 0. The van der Waals surface area contributed by atoms with E-state index in [1.165, 1.54) is 5.01 Å². The second-order valence-electron chi connectivity index (χ2n) is 5.11. The van der Waals surface area contributed by atoms with Crippen LogP contribution in [0.1, 0.15) is 20.8 Å². The van der Waals surface area contributed by atoms with Crippen LogP contribution in [0.2, 0.25) is 0 Å². The highest BCUT2D eigenvalue weighted by Crippen LogP contribution is 2.09. The number of hydrazine groups is 1. The second-order valence-corrected chi connectivity index (χ2v) is 5.11. The molecule has 0 saturated carbocycles. The number of hydrogen-bond acceptors (Lipinski definition) is 5. The van der Waals surface area contributed by atoms with Crippen LogP contribution in [0, 0.1) is 0 Å². The van der Waals surface area contributed by atoms with Crippen molar-refractivity contribution in [2.75, 3.05) is 39.3 Å². The molecule has 1 heterocycles. The number of hydrogen-bond donors (Lipinski definition) is 2. The molecule has 6 nitrogen and oxygen atoms in total. The van der Waals surface area contributed by atoms with Gasteiger partial charge in [-0.3, -0.25) is 4.90 Å². The molecule has 1 rings (SSSR count). The third-order valence-corrected chi connectivity index (χ3v) is 2.40. The molecule has 1 saturated heterocycles. The summed E-state index contributed by atoms with van der Waals surface area (Å²) < 4.78 is 5.28. The summed E-state index contributed by atoms with van der Waals surface area (Å²) in [5.41, 5.74) is 2.55. The fourth-order valence-electron chi connectivity index (χ4n) is 1.61. The molecule has 1 fully saturated rings. The number of amides is 1. The van der Waals surface area contributed by atoms with Crippen LogP contribution in [0.5, 0.6) is 0 Å². The summed E-state index contributed by atoms with van der Waals surface area (Å²) in [6.45, 7) is 9.14. The van der Waals surface area contributed by atoms with Gasteiger partial charge >= 0.3 is 6.09 Å². The Morgan fingerprint density at radius 2 is 2.06 bits per heavy atom. The average Bonchev–Trinajstić information content (AvgIpc) is 2.41. The Morgan fingerprint density at radius 3 is 2.65 bits per heavy atom. The van der Waals surface area contributed by atoms with Gasteiger partial charge in [-0.05, 0) is 20.8 Å². The molecule has 0 aromatic heterocycles. The maximum atomic E-state index is 11.8. The Hall–Kier alpha value is -0.850. The molecular weight excluding hydrogens is 222 g/mol. The number of carbonyl (C=O) groups is 1. The zero-order valence-electron chi connectivity index (χ0n) is 10.9. The van der Waals surface area contributed by atoms with Gasteiger partial charge in [-0.2, -0.15) is 0 Å². The number of nitrogens with one attached hydrogen (secondary N) is 1. The zero-order valence-corrected chi connectivity index (χ0v) is 10.9. The summed E-state index contributed by atoms with van der Waals surface area (Å²) in [4.78, 5) is 13.9. The van der Waals surface area contributed by atoms with E-state index in [0.717, 1.165) is 13.1 Å². The van der Waals surface area contributed by atoms with Gasteiger partial charge in [-0.1, -0.05) is 0 Å². The Morgan fingerprint density at radius 1 is 1.35 bits per heavy atom. The number of ether oxygens (including phenoxy) is 1. The molecule has 2 N–H and O–H groups in total. The van der Waals surface area contributed by atoms with Gasteiger partial charge in [0, 0.05) is 26.2 Å². The van der Waals surface area contributed by atoms with Gasteiger partial charge in [-0.15, -0.1) is 0 Å². The van der Waals surface area contributed by atoms with Crippen molar-refractivity contribution in [1.29, 1.82) is 0 Å². The first-order valence-electron chi connectivity index (χ1n) is 5.99. The zero-order chi connectivity index (χ0) is 12.9. The topological polar surface area (TPSA) is 65.0 Å². The molecule has 100 valence electrons. The van der Waals surface area contributed by atoms with Crippen molar-refractivity contribution in [1.82, 2.24) is 15.3 Å². The lowest BCUT2D eigenvalue weighted by molar-refractivity contribution is 0.0156. The van der Waals surface area contributed by atoms with Crippen LogP contribution in [0.25, 0.3) is 0 Å². The third kappa shape index (κ3) is 5.34. The van der Waals surface area contributed by atoms with Crippen LogP contribution in [0.3, 0.4) is 0 Å². The molecule has 0 spiro atoms. The van der Waals surface area contributed by atoms with E-state index in [0.29, 0.717) is 19.6 Å². The first-order chi connectivity index (χ1) is 7.92. The SMILES string of the molecule is CC(C)(C)OC(=O)N1CCN(CCO)CCN1. The second kappa shape index (κ2) is 6.18. The van der Waals surface area contributed by atoms with Gasteiger partial charge < -0.3 is 9.84 Å². The minimum absolute atomic E-state index is 0.145. The van der Waals surface area contributed by atoms with Crippen LogP contribution in [0.4, 0.5) is 4.79 Å². The predicted octanol–water partition coefficient (Wildman–Crippen LogP) is 0.0360. The van der Waals surface area contributed by atoms with E-state index in [1.807, 2.05) is 20.8 Å². The van der Waals surface area contributed by atoms with Crippen LogP contribution < -0.4 is 5.43 Å². The van der Waals surface area contributed by atoms with Crippen molar-refractivity contribution in [2.24, 2.45) is 0 Å². The molecule has 17 heavy (non-hydrogen) atoms. The first kappa shape index (κ1) is 14.2. The molecule has 0 radical (unpaired) electrons. The lowest BCUT2D eigenvalue weighted by Crippen LogP contribution is -2.46. The summed E-state index contributed by atoms with van der Waals surface area (Å²) in [6.07, 6.45) is -0.344. The van der Waals surface area contributed by atoms with Crippen molar-refractivity contribution < 1.29 is 14.6 Å². The van der Waals surface area contributed by atoms with Crippen molar-refractivity contribution in [3.05, 3.63) is 0 Å². The number of β-amino-alcohol motifs (C(OH)–C–C–N with tert-alkyl or cyclic N) is 1. The molecule has 0 aromatic carbocycles. The number of nitrogens with zero attached hydrogens (tertiary/aromatic N) is 2. The third-order valence-electron chi connectivity index (χ3n) is 2.40. The fraction of sp³-hybridized carbons (Fsp3) is 0.909. The molecule has 0 aromatic rings. The molecule has 0 bridgehead atoms. The molecule has 0 atom stereocenters. The average molecular weight is 245 g/mol.